The number of carbonyl (C=O) groups is 2. The van der Waals surface area contributed by atoms with Crippen LogP contribution in [0.2, 0.25) is 0 Å². The Morgan fingerprint density at radius 2 is 1.83 bits per heavy atom. The van der Waals surface area contributed by atoms with Gasteiger partial charge in [0.25, 0.3) is 0 Å². The lowest BCUT2D eigenvalue weighted by atomic mass is 10.3. The summed E-state index contributed by atoms with van der Waals surface area (Å²) >= 11 is 0. The van der Waals surface area contributed by atoms with Gasteiger partial charge in [0.15, 0.2) is 0 Å². The highest BCUT2D eigenvalue weighted by Crippen LogP contribution is 2.02. The molecule has 0 spiro atoms. The van der Waals surface area contributed by atoms with Crippen molar-refractivity contribution in [3.05, 3.63) is 12.7 Å². The third kappa shape index (κ3) is 4.37. The SMILES string of the molecule is C=CCNCC(=O)N1CCN(C(=O)NCC)CC1. The van der Waals surface area contributed by atoms with Crippen LogP contribution in [0.25, 0.3) is 0 Å². The van der Waals surface area contributed by atoms with Crippen LogP contribution < -0.4 is 10.6 Å². The van der Waals surface area contributed by atoms with Gasteiger partial charge in [-0.1, -0.05) is 6.08 Å². The van der Waals surface area contributed by atoms with E-state index in [2.05, 4.69) is 17.2 Å². The van der Waals surface area contributed by atoms with Gasteiger partial charge in [-0.15, -0.1) is 6.58 Å². The molecule has 0 aromatic rings. The van der Waals surface area contributed by atoms with Crippen molar-refractivity contribution in [3.63, 3.8) is 0 Å². The largest absolute Gasteiger partial charge is 0.338 e. The Hall–Kier alpha value is -1.56. The topological polar surface area (TPSA) is 64.7 Å². The number of amides is 3. The van der Waals surface area contributed by atoms with Crippen LogP contribution in [-0.4, -0.2) is 67.6 Å². The summed E-state index contributed by atoms with van der Waals surface area (Å²) in [6.45, 7) is 9.45. The van der Waals surface area contributed by atoms with Crippen molar-refractivity contribution in [1.29, 1.82) is 0 Å². The van der Waals surface area contributed by atoms with Crippen LogP contribution in [0.1, 0.15) is 6.92 Å². The van der Waals surface area contributed by atoms with E-state index < -0.39 is 0 Å². The lowest BCUT2D eigenvalue weighted by molar-refractivity contribution is -0.131. The Labute approximate surface area is 108 Å². The Bertz CT molecular complexity index is 298. The number of urea groups is 1. The van der Waals surface area contributed by atoms with Gasteiger partial charge in [-0.3, -0.25) is 4.79 Å². The van der Waals surface area contributed by atoms with E-state index in [1.54, 1.807) is 15.9 Å². The van der Waals surface area contributed by atoms with Crippen LogP contribution in [0.5, 0.6) is 0 Å². The zero-order valence-electron chi connectivity index (χ0n) is 10.9. The van der Waals surface area contributed by atoms with E-state index >= 15 is 0 Å². The van der Waals surface area contributed by atoms with Crippen LogP contribution in [0, 0.1) is 0 Å². The molecule has 0 radical (unpaired) electrons. The molecule has 0 aromatic carbocycles. The molecule has 1 saturated heterocycles. The summed E-state index contributed by atoms with van der Waals surface area (Å²) in [4.78, 5) is 26.9. The maximum atomic E-state index is 11.8. The number of rotatable bonds is 5. The fourth-order valence-electron chi connectivity index (χ4n) is 1.81. The standard InChI is InChI=1S/C12H22N4O2/c1-3-5-13-10-11(17)15-6-8-16(9-7-15)12(18)14-4-2/h3,13H,1,4-10H2,2H3,(H,14,18). The van der Waals surface area contributed by atoms with E-state index in [9.17, 15) is 9.59 Å². The fraction of sp³-hybridized carbons (Fsp3) is 0.667. The van der Waals surface area contributed by atoms with Crippen LogP contribution in [0.3, 0.4) is 0 Å². The van der Waals surface area contributed by atoms with Crippen LogP contribution in [0.4, 0.5) is 4.79 Å². The monoisotopic (exact) mass is 254 g/mol. The van der Waals surface area contributed by atoms with Crippen molar-refractivity contribution in [1.82, 2.24) is 20.4 Å². The second-order valence-corrected chi connectivity index (χ2v) is 4.12. The summed E-state index contributed by atoms with van der Waals surface area (Å²) in [6.07, 6.45) is 1.72. The van der Waals surface area contributed by atoms with E-state index in [0.29, 0.717) is 45.8 Å². The first-order valence-corrected chi connectivity index (χ1v) is 6.31. The molecular formula is C12H22N4O2. The van der Waals surface area contributed by atoms with Crippen molar-refractivity contribution in [2.24, 2.45) is 0 Å². The molecule has 6 nitrogen and oxygen atoms in total. The maximum absolute atomic E-state index is 11.8. The molecule has 102 valence electrons. The Balaban J connectivity index is 2.28. The predicted octanol–water partition coefficient (Wildman–Crippen LogP) is -0.364. The highest BCUT2D eigenvalue weighted by atomic mass is 16.2. The Kier molecular flexibility index (Phi) is 6.21. The third-order valence-corrected chi connectivity index (χ3v) is 2.81. The highest BCUT2D eigenvalue weighted by molar-refractivity contribution is 5.79. The number of hydrogen-bond acceptors (Lipinski definition) is 3. The van der Waals surface area contributed by atoms with Crippen LogP contribution in [-0.2, 0) is 4.79 Å². The molecule has 1 aliphatic rings. The van der Waals surface area contributed by atoms with Crippen molar-refractivity contribution >= 4 is 11.9 Å². The molecule has 0 atom stereocenters. The minimum Gasteiger partial charge on any atom is -0.338 e. The molecule has 0 bridgehead atoms. The molecule has 0 aromatic heterocycles. The Morgan fingerprint density at radius 3 is 2.39 bits per heavy atom. The van der Waals surface area contributed by atoms with Crippen LogP contribution in [0.15, 0.2) is 12.7 Å². The molecule has 18 heavy (non-hydrogen) atoms. The van der Waals surface area contributed by atoms with Crippen molar-refractivity contribution in [2.45, 2.75) is 6.92 Å². The number of nitrogens with one attached hydrogen (secondary N) is 2. The third-order valence-electron chi connectivity index (χ3n) is 2.81. The Morgan fingerprint density at radius 1 is 1.22 bits per heavy atom. The molecule has 2 N–H and O–H groups in total. The molecule has 1 fully saturated rings. The van der Waals surface area contributed by atoms with Crippen molar-refractivity contribution in [2.75, 3.05) is 45.8 Å². The molecule has 6 heteroatoms. The van der Waals surface area contributed by atoms with E-state index in [0.717, 1.165) is 0 Å². The average molecular weight is 254 g/mol. The molecule has 1 rings (SSSR count). The van der Waals surface area contributed by atoms with Gasteiger partial charge in [-0.2, -0.15) is 0 Å². The lowest BCUT2D eigenvalue weighted by Crippen LogP contribution is -2.54. The van der Waals surface area contributed by atoms with E-state index in [1.165, 1.54) is 0 Å². The smallest absolute Gasteiger partial charge is 0.317 e. The lowest BCUT2D eigenvalue weighted by Gasteiger charge is -2.34. The number of hydrogen-bond donors (Lipinski definition) is 2. The van der Waals surface area contributed by atoms with Gasteiger partial charge < -0.3 is 20.4 Å². The van der Waals surface area contributed by atoms with Gasteiger partial charge in [0.2, 0.25) is 5.91 Å². The molecule has 1 heterocycles. The zero-order valence-corrected chi connectivity index (χ0v) is 10.9. The zero-order chi connectivity index (χ0) is 13.4. The summed E-state index contributed by atoms with van der Waals surface area (Å²) in [6, 6.07) is -0.0469. The van der Waals surface area contributed by atoms with Crippen LogP contribution >= 0.6 is 0 Å². The maximum Gasteiger partial charge on any atom is 0.317 e. The average Bonchev–Trinajstić information content (AvgIpc) is 2.39. The van der Waals surface area contributed by atoms with Gasteiger partial charge in [0.05, 0.1) is 6.54 Å². The van der Waals surface area contributed by atoms with Crippen molar-refractivity contribution in [3.8, 4) is 0 Å². The highest BCUT2D eigenvalue weighted by Gasteiger charge is 2.23. The molecule has 0 saturated carbocycles. The molecule has 1 aliphatic heterocycles. The quantitative estimate of drug-likeness (QED) is 0.520. The summed E-state index contributed by atoms with van der Waals surface area (Å²) in [7, 11) is 0. The number of nitrogens with zero attached hydrogens (tertiary/aromatic N) is 2. The van der Waals surface area contributed by atoms with E-state index in [1.807, 2.05) is 6.92 Å². The number of carbonyl (C=O) groups excluding carboxylic acids is 2. The van der Waals surface area contributed by atoms with Crippen molar-refractivity contribution < 1.29 is 9.59 Å². The van der Waals surface area contributed by atoms with Gasteiger partial charge in [-0.05, 0) is 6.92 Å². The molecule has 0 aliphatic carbocycles. The second kappa shape index (κ2) is 7.71. The first kappa shape index (κ1) is 14.5. The first-order chi connectivity index (χ1) is 8.69. The second-order valence-electron chi connectivity index (χ2n) is 4.12. The number of piperazine rings is 1. The van der Waals surface area contributed by atoms with Gasteiger partial charge in [-0.25, -0.2) is 4.79 Å². The minimum atomic E-state index is -0.0469. The van der Waals surface area contributed by atoms with Gasteiger partial charge in [0.1, 0.15) is 0 Å². The summed E-state index contributed by atoms with van der Waals surface area (Å²) in [5.74, 6) is 0.0763. The minimum absolute atomic E-state index is 0.0469. The fourth-order valence-corrected chi connectivity index (χ4v) is 1.81. The summed E-state index contributed by atoms with van der Waals surface area (Å²) < 4.78 is 0. The molecule has 0 unspecified atom stereocenters. The van der Waals surface area contributed by atoms with E-state index in [-0.39, 0.29) is 11.9 Å². The summed E-state index contributed by atoms with van der Waals surface area (Å²) in [5, 5.41) is 5.75. The molecule has 3 amide bonds. The van der Waals surface area contributed by atoms with Gasteiger partial charge in [0, 0.05) is 39.3 Å². The predicted molar refractivity (Wildman–Crippen MR) is 70.3 cm³/mol. The first-order valence-electron chi connectivity index (χ1n) is 6.31. The molecular weight excluding hydrogens is 232 g/mol. The van der Waals surface area contributed by atoms with Gasteiger partial charge >= 0.3 is 6.03 Å². The summed E-state index contributed by atoms with van der Waals surface area (Å²) in [5.41, 5.74) is 0. The normalized spacial score (nSPS) is 15.4. The van der Waals surface area contributed by atoms with E-state index in [4.69, 9.17) is 0 Å².